The van der Waals surface area contributed by atoms with E-state index in [4.69, 9.17) is 33.4 Å². The summed E-state index contributed by atoms with van der Waals surface area (Å²) in [4.78, 5) is 26.4. The molecule has 2 aliphatic rings. The van der Waals surface area contributed by atoms with Crippen LogP contribution >= 0.6 is 23.2 Å². The lowest BCUT2D eigenvalue weighted by Gasteiger charge is -2.32. The number of hydrogen-bond acceptors (Lipinski definition) is 6. The van der Waals surface area contributed by atoms with Gasteiger partial charge in [-0.2, -0.15) is 0 Å². The zero-order valence-corrected chi connectivity index (χ0v) is 29.8. The highest BCUT2D eigenvalue weighted by molar-refractivity contribution is 6.39. The van der Waals surface area contributed by atoms with Crippen LogP contribution in [-0.4, -0.2) is 80.6 Å². The molecule has 0 bridgehead atoms. The number of hydrogen-bond donors (Lipinski definition) is 4. The van der Waals surface area contributed by atoms with Crippen LogP contribution in [0.25, 0.3) is 33.4 Å². The maximum atomic E-state index is 11.1. The average molecular weight is 718 g/mol. The van der Waals surface area contributed by atoms with E-state index < -0.39 is 24.1 Å². The molecule has 0 radical (unpaired) electrons. The summed E-state index contributed by atoms with van der Waals surface area (Å²) in [7, 11) is 0. The number of carbonyl (C=O) groups is 2. The number of rotatable bonds is 11. The van der Waals surface area contributed by atoms with Crippen LogP contribution in [0, 0.1) is 13.8 Å². The monoisotopic (exact) mass is 716 g/mol. The number of carboxylic acids is 2. The molecule has 0 saturated carbocycles. The van der Waals surface area contributed by atoms with Gasteiger partial charge in [0, 0.05) is 61.5 Å². The van der Waals surface area contributed by atoms with Gasteiger partial charge in [-0.3, -0.25) is 19.4 Å². The van der Waals surface area contributed by atoms with Gasteiger partial charge in [0.25, 0.3) is 0 Å². The number of halogens is 2. The second kappa shape index (κ2) is 15.2. The summed E-state index contributed by atoms with van der Waals surface area (Å²) in [5, 5.41) is 39.9. The van der Waals surface area contributed by atoms with E-state index in [2.05, 4.69) is 47.9 Å². The van der Waals surface area contributed by atoms with Gasteiger partial charge in [0.1, 0.15) is 0 Å². The molecule has 262 valence electrons. The largest absolute Gasteiger partial charge is 0.481 e. The number of aliphatic hydroxyl groups excluding tert-OH is 2. The summed E-state index contributed by atoms with van der Waals surface area (Å²) in [5.74, 6) is -2.02. The van der Waals surface area contributed by atoms with Gasteiger partial charge in [-0.05, 0) is 71.2 Å². The first-order valence-corrected chi connectivity index (χ1v) is 17.7. The Hall–Kier alpha value is -3.76. The van der Waals surface area contributed by atoms with Crippen molar-refractivity contribution in [1.82, 2.24) is 9.80 Å². The van der Waals surface area contributed by atoms with Crippen molar-refractivity contribution in [2.45, 2.75) is 64.8 Å². The van der Waals surface area contributed by atoms with Crippen molar-refractivity contribution in [3.63, 3.8) is 0 Å². The molecule has 10 heteroatoms. The van der Waals surface area contributed by atoms with E-state index in [1.807, 2.05) is 36.4 Å². The second-order valence-electron chi connectivity index (χ2n) is 13.6. The molecule has 0 saturated heterocycles. The number of β-amino-alcohol motifs (C(OH)–C–C–N with tert-alkyl or cyclic N) is 2. The van der Waals surface area contributed by atoms with Gasteiger partial charge in [-0.15, -0.1) is 0 Å². The van der Waals surface area contributed by atoms with E-state index in [9.17, 15) is 19.8 Å². The summed E-state index contributed by atoms with van der Waals surface area (Å²) < 4.78 is 0. The van der Waals surface area contributed by atoms with Crippen molar-refractivity contribution in [2.24, 2.45) is 0 Å². The molecule has 2 aliphatic heterocycles. The minimum absolute atomic E-state index is 0.277. The van der Waals surface area contributed by atoms with E-state index in [0.29, 0.717) is 36.2 Å². The molecule has 4 N–H and O–H groups in total. The minimum atomic E-state index is -1.01. The number of aliphatic hydroxyl groups is 2. The van der Waals surface area contributed by atoms with Crippen LogP contribution in [0.4, 0.5) is 0 Å². The fraction of sp³-hybridized carbons (Fsp3) is 0.350. The number of nitrogens with zero attached hydrogens (tertiary/aromatic N) is 2. The Balaban J connectivity index is 1.30. The van der Waals surface area contributed by atoms with Gasteiger partial charge in [-0.1, -0.05) is 83.9 Å². The Labute approximate surface area is 302 Å². The van der Waals surface area contributed by atoms with Crippen molar-refractivity contribution < 1.29 is 30.0 Å². The molecule has 0 unspecified atom stereocenters. The van der Waals surface area contributed by atoms with Crippen LogP contribution in [0.5, 0.6) is 0 Å². The smallest absolute Gasteiger partial charge is 0.306 e. The number of fused-ring (bicyclic) bond motifs is 2. The lowest BCUT2D eigenvalue weighted by Crippen LogP contribution is -2.37. The zero-order valence-electron chi connectivity index (χ0n) is 28.3. The molecule has 0 aliphatic carbocycles. The molecule has 2 heterocycles. The topological polar surface area (TPSA) is 122 Å². The minimum Gasteiger partial charge on any atom is -0.481 e. The third-order valence-corrected chi connectivity index (χ3v) is 11.0. The first-order chi connectivity index (χ1) is 23.9. The molecule has 0 spiro atoms. The van der Waals surface area contributed by atoms with Gasteiger partial charge in [-0.25, -0.2) is 0 Å². The zero-order chi connectivity index (χ0) is 35.7. The third-order valence-electron chi connectivity index (χ3n) is 10.2. The van der Waals surface area contributed by atoms with Gasteiger partial charge >= 0.3 is 11.9 Å². The predicted molar refractivity (Wildman–Crippen MR) is 197 cm³/mol. The van der Waals surface area contributed by atoms with Gasteiger partial charge in [0.2, 0.25) is 0 Å². The normalized spacial score (nSPS) is 16.0. The highest BCUT2D eigenvalue weighted by Gasteiger charge is 2.26. The molecule has 4 aromatic carbocycles. The predicted octanol–water partition coefficient (Wildman–Crippen LogP) is 7.00. The molecule has 4 aromatic rings. The fourth-order valence-corrected chi connectivity index (χ4v) is 8.28. The molecule has 8 nitrogen and oxygen atoms in total. The van der Waals surface area contributed by atoms with Crippen molar-refractivity contribution in [1.29, 1.82) is 0 Å². The van der Waals surface area contributed by atoms with E-state index >= 15 is 0 Å². The van der Waals surface area contributed by atoms with Gasteiger partial charge in [0.05, 0.1) is 35.1 Å². The number of benzene rings is 4. The van der Waals surface area contributed by atoms with Crippen LogP contribution < -0.4 is 0 Å². The van der Waals surface area contributed by atoms with Gasteiger partial charge < -0.3 is 20.4 Å². The van der Waals surface area contributed by atoms with Crippen LogP contribution in [0.2, 0.25) is 10.0 Å². The molecule has 2 atom stereocenters. The summed E-state index contributed by atoms with van der Waals surface area (Å²) in [6.07, 6.45) is -0.763. The third kappa shape index (κ3) is 7.61. The highest BCUT2D eigenvalue weighted by atomic mass is 35.5. The highest BCUT2D eigenvalue weighted by Crippen LogP contribution is 2.44. The Morgan fingerprint density at radius 1 is 0.620 bits per heavy atom. The maximum absolute atomic E-state index is 11.1. The maximum Gasteiger partial charge on any atom is 0.306 e. The van der Waals surface area contributed by atoms with Crippen molar-refractivity contribution in [3.05, 3.63) is 104 Å². The Kier molecular flexibility index (Phi) is 11.0. The summed E-state index contributed by atoms with van der Waals surface area (Å²) >= 11 is 14.5. The van der Waals surface area contributed by atoms with E-state index in [0.717, 1.165) is 70.4 Å². The molecule has 0 amide bonds. The number of carboxylic acid groups (broad SMARTS) is 2. The molecule has 6 rings (SSSR count). The lowest BCUT2D eigenvalue weighted by molar-refractivity contribution is -0.140. The summed E-state index contributed by atoms with van der Waals surface area (Å²) in [5.41, 5.74) is 12.5. The fourth-order valence-electron chi connectivity index (χ4n) is 7.62. The van der Waals surface area contributed by atoms with Crippen LogP contribution in [0.1, 0.15) is 46.2 Å². The van der Waals surface area contributed by atoms with Crippen molar-refractivity contribution in [3.8, 4) is 33.4 Å². The SMILES string of the molecule is Cc1c(-c2cccc(-c3cccc(-c4ccc5c(c4C)CN(C[C@@H](O)CC(=O)O)CC5)c3Cl)c2Cl)ccc2c1CN(C[C@@H](O)CC(=O)O)CC2. The van der Waals surface area contributed by atoms with Crippen molar-refractivity contribution in [2.75, 3.05) is 26.2 Å². The first kappa shape index (κ1) is 36.0. The molecule has 0 fully saturated rings. The lowest BCUT2D eigenvalue weighted by atomic mass is 9.87. The Morgan fingerprint density at radius 3 is 1.34 bits per heavy atom. The molecule has 0 aromatic heterocycles. The van der Waals surface area contributed by atoms with Gasteiger partial charge in [0.15, 0.2) is 0 Å². The van der Waals surface area contributed by atoms with Crippen molar-refractivity contribution >= 4 is 35.1 Å². The molecule has 50 heavy (non-hydrogen) atoms. The number of aliphatic carboxylic acids is 2. The van der Waals surface area contributed by atoms with Crippen LogP contribution in [0.3, 0.4) is 0 Å². The standard InChI is InChI=1S/C40H42Cl2N2O6/c1-23-29(11-9-25-13-15-43(21-35(23)25)19-27(45)17-37(47)48)31-5-3-7-33(39(31)41)34-8-4-6-32(40(34)42)30-12-10-26-14-16-44(22-36(26)24(30)2)20-28(46)18-38(49)50/h3-12,27-28,45-46H,13-22H2,1-2H3,(H,47,48)(H,49,50)/t27-,28-/m0/s1. The quantitative estimate of drug-likeness (QED) is 0.131. The first-order valence-electron chi connectivity index (χ1n) is 17.0. The van der Waals surface area contributed by atoms with E-state index in [1.54, 1.807) is 0 Å². The summed E-state index contributed by atoms with van der Waals surface area (Å²) in [6.45, 7) is 7.55. The summed E-state index contributed by atoms with van der Waals surface area (Å²) in [6, 6.07) is 20.5. The Bertz CT molecular complexity index is 1810. The van der Waals surface area contributed by atoms with E-state index in [1.165, 1.54) is 22.3 Å². The molecular formula is C40H42Cl2N2O6. The Morgan fingerprint density at radius 2 is 0.980 bits per heavy atom. The van der Waals surface area contributed by atoms with Crippen LogP contribution in [-0.2, 0) is 35.5 Å². The molecular weight excluding hydrogens is 675 g/mol. The second-order valence-corrected chi connectivity index (χ2v) is 14.3. The average Bonchev–Trinajstić information content (AvgIpc) is 3.06. The van der Waals surface area contributed by atoms with E-state index in [-0.39, 0.29) is 12.8 Å². The van der Waals surface area contributed by atoms with Crippen LogP contribution in [0.15, 0.2) is 60.7 Å².